The van der Waals surface area contributed by atoms with E-state index in [1.807, 2.05) is 18.0 Å². The van der Waals surface area contributed by atoms with Crippen molar-refractivity contribution < 1.29 is 4.79 Å². The Balaban J connectivity index is 1.98. The van der Waals surface area contributed by atoms with Gasteiger partial charge in [-0.3, -0.25) is 15.1 Å². The van der Waals surface area contributed by atoms with Crippen LogP contribution in [0.25, 0.3) is 0 Å². The lowest BCUT2D eigenvalue weighted by Crippen LogP contribution is -2.50. The van der Waals surface area contributed by atoms with Gasteiger partial charge in [0, 0.05) is 19.3 Å². The summed E-state index contributed by atoms with van der Waals surface area (Å²) < 4.78 is 0. The molecule has 2 atom stereocenters. The zero-order chi connectivity index (χ0) is 19.7. The van der Waals surface area contributed by atoms with Crippen LogP contribution in [0.1, 0.15) is 104 Å². The summed E-state index contributed by atoms with van der Waals surface area (Å²) in [5.74, 6) is 0.106. The summed E-state index contributed by atoms with van der Waals surface area (Å²) in [6.45, 7) is 8.99. The average Bonchev–Trinajstić information content (AvgIpc) is 2.66. The molecule has 0 radical (unpaired) electrons. The lowest BCUT2D eigenvalue weighted by molar-refractivity contribution is -0.135. The number of hydrogen-bond acceptors (Lipinski definition) is 3. The van der Waals surface area contributed by atoms with E-state index in [4.69, 9.17) is 0 Å². The van der Waals surface area contributed by atoms with Crippen LogP contribution in [-0.4, -0.2) is 42.8 Å². The van der Waals surface area contributed by atoms with Crippen LogP contribution in [0.5, 0.6) is 0 Å². The summed E-state index contributed by atoms with van der Waals surface area (Å²) in [4.78, 5) is 18.8. The van der Waals surface area contributed by atoms with Gasteiger partial charge in [-0.05, 0) is 33.2 Å². The minimum absolute atomic E-state index is 0.0961. The van der Waals surface area contributed by atoms with Crippen LogP contribution in [0.2, 0.25) is 0 Å². The molecule has 158 valence electrons. The van der Waals surface area contributed by atoms with Crippen molar-refractivity contribution in [3.63, 3.8) is 0 Å². The van der Waals surface area contributed by atoms with E-state index >= 15 is 0 Å². The van der Waals surface area contributed by atoms with Crippen LogP contribution >= 0.6 is 0 Å². The number of rotatable bonds is 15. The van der Waals surface area contributed by atoms with E-state index in [0.29, 0.717) is 0 Å². The molecule has 0 aromatic rings. The molecule has 0 saturated heterocycles. The zero-order valence-electron chi connectivity index (χ0n) is 18.3. The van der Waals surface area contributed by atoms with Gasteiger partial charge in [-0.15, -0.1) is 0 Å². The minimum atomic E-state index is -0.0961. The standard InChI is InChI=1S/C23H45N3O/c1-4-5-6-7-8-9-10-11-12-13-14-15-18-25-22(3)26-19-16-17-24-20-21(2)23(26)27/h20-22,25H,4-19H2,1-3H3. The van der Waals surface area contributed by atoms with Crippen molar-refractivity contribution in [1.82, 2.24) is 10.2 Å². The fourth-order valence-corrected chi connectivity index (χ4v) is 3.77. The predicted molar refractivity (Wildman–Crippen MR) is 117 cm³/mol. The van der Waals surface area contributed by atoms with Crippen LogP contribution in [0.3, 0.4) is 0 Å². The maximum absolute atomic E-state index is 12.5. The third kappa shape index (κ3) is 11.5. The van der Waals surface area contributed by atoms with Gasteiger partial charge < -0.3 is 4.90 Å². The first-order valence-electron chi connectivity index (χ1n) is 11.7. The molecule has 1 N–H and O–H groups in total. The first-order valence-corrected chi connectivity index (χ1v) is 11.7. The van der Waals surface area contributed by atoms with Crippen LogP contribution in [0.4, 0.5) is 0 Å². The summed E-state index contributed by atoms with van der Waals surface area (Å²) in [6.07, 6.45) is 19.4. The Labute approximate surface area is 168 Å². The van der Waals surface area contributed by atoms with Crippen molar-refractivity contribution >= 4 is 12.1 Å². The lowest BCUT2D eigenvalue weighted by Gasteiger charge is -2.32. The molecule has 4 nitrogen and oxygen atoms in total. The fourth-order valence-electron chi connectivity index (χ4n) is 3.77. The molecule has 0 bridgehead atoms. The molecule has 1 heterocycles. The molecule has 2 unspecified atom stereocenters. The Morgan fingerprint density at radius 3 is 2.19 bits per heavy atom. The monoisotopic (exact) mass is 379 g/mol. The molecule has 4 heteroatoms. The maximum Gasteiger partial charge on any atom is 0.232 e. The van der Waals surface area contributed by atoms with Crippen molar-refractivity contribution in [3.05, 3.63) is 0 Å². The molecular formula is C23H45N3O. The number of aliphatic imine (C=N–C) groups is 1. The number of nitrogens with one attached hydrogen (secondary N) is 1. The van der Waals surface area contributed by atoms with Crippen molar-refractivity contribution in [2.45, 2.75) is 110 Å². The number of unbranched alkanes of at least 4 members (excludes halogenated alkanes) is 11. The Kier molecular flexibility index (Phi) is 14.4. The van der Waals surface area contributed by atoms with E-state index in [0.717, 1.165) is 26.1 Å². The van der Waals surface area contributed by atoms with Crippen molar-refractivity contribution in [3.8, 4) is 0 Å². The maximum atomic E-state index is 12.5. The highest BCUT2D eigenvalue weighted by Crippen LogP contribution is 2.12. The second-order valence-corrected chi connectivity index (χ2v) is 8.25. The molecule has 0 fully saturated rings. The molecular weight excluding hydrogens is 334 g/mol. The zero-order valence-corrected chi connectivity index (χ0v) is 18.3. The second-order valence-electron chi connectivity index (χ2n) is 8.25. The normalized spacial score (nSPS) is 19.1. The van der Waals surface area contributed by atoms with E-state index in [9.17, 15) is 4.79 Å². The summed E-state index contributed by atoms with van der Waals surface area (Å²) in [5.41, 5.74) is 0. The smallest absolute Gasteiger partial charge is 0.232 e. The van der Waals surface area contributed by atoms with Crippen molar-refractivity contribution in [1.29, 1.82) is 0 Å². The molecule has 0 aromatic heterocycles. The Morgan fingerprint density at radius 1 is 1.04 bits per heavy atom. The summed E-state index contributed by atoms with van der Waals surface area (Å²) in [6, 6.07) is 0. The third-order valence-electron chi connectivity index (χ3n) is 5.63. The van der Waals surface area contributed by atoms with Crippen LogP contribution in [0.15, 0.2) is 4.99 Å². The van der Waals surface area contributed by atoms with E-state index in [1.165, 1.54) is 77.0 Å². The van der Waals surface area contributed by atoms with Crippen LogP contribution in [0, 0.1) is 5.92 Å². The van der Waals surface area contributed by atoms with Gasteiger partial charge in [0.25, 0.3) is 0 Å². The van der Waals surface area contributed by atoms with Crippen molar-refractivity contribution in [2.75, 3.05) is 19.6 Å². The molecule has 1 rings (SSSR count). The number of carbonyl (C=O) groups is 1. The van der Waals surface area contributed by atoms with Crippen molar-refractivity contribution in [2.24, 2.45) is 10.9 Å². The van der Waals surface area contributed by atoms with Gasteiger partial charge in [0.15, 0.2) is 0 Å². The summed E-state index contributed by atoms with van der Waals surface area (Å²) in [7, 11) is 0. The Morgan fingerprint density at radius 2 is 1.59 bits per heavy atom. The molecule has 27 heavy (non-hydrogen) atoms. The molecule has 0 aliphatic carbocycles. The van der Waals surface area contributed by atoms with Gasteiger partial charge in [-0.1, -0.05) is 77.6 Å². The number of amides is 1. The highest BCUT2D eigenvalue weighted by molar-refractivity contribution is 5.93. The largest absolute Gasteiger partial charge is 0.327 e. The Hall–Kier alpha value is -0.900. The fraction of sp³-hybridized carbons (Fsp3) is 0.913. The quantitative estimate of drug-likeness (QED) is 0.378. The van der Waals surface area contributed by atoms with Gasteiger partial charge in [0.05, 0.1) is 12.1 Å². The average molecular weight is 380 g/mol. The molecule has 0 spiro atoms. The first-order chi connectivity index (χ1) is 13.2. The summed E-state index contributed by atoms with van der Waals surface area (Å²) >= 11 is 0. The molecule has 0 aromatic carbocycles. The van der Waals surface area contributed by atoms with Crippen LogP contribution < -0.4 is 5.32 Å². The third-order valence-corrected chi connectivity index (χ3v) is 5.63. The predicted octanol–water partition coefficient (Wildman–Crippen LogP) is 5.56. The van der Waals surface area contributed by atoms with Gasteiger partial charge >= 0.3 is 0 Å². The highest BCUT2D eigenvalue weighted by atomic mass is 16.2. The van der Waals surface area contributed by atoms with Gasteiger partial charge in [-0.25, -0.2) is 0 Å². The summed E-state index contributed by atoms with van der Waals surface area (Å²) in [5, 5.41) is 3.55. The van der Waals surface area contributed by atoms with E-state index < -0.39 is 0 Å². The van der Waals surface area contributed by atoms with Gasteiger partial charge in [0.1, 0.15) is 0 Å². The number of carbonyl (C=O) groups excluding carboxylic acids is 1. The molecule has 1 aliphatic rings. The van der Waals surface area contributed by atoms with Crippen LogP contribution in [-0.2, 0) is 4.79 Å². The van der Waals surface area contributed by atoms with E-state index in [2.05, 4.69) is 24.2 Å². The topological polar surface area (TPSA) is 44.7 Å². The lowest BCUT2D eigenvalue weighted by atomic mass is 10.1. The molecule has 1 aliphatic heterocycles. The first kappa shape index (κ1) is 24.1. The Bertz CT molecular complexity index is 397. The second kappa shape index (κ2) is 16.1. The molecule has 1 amide bonds. The van der Waals surface area contributed by atoms with E-state index in [-0.39, 0.29) is 18.0 Å². The van der Waals surface area contributed by atoms with Gasteiger partial charge in [-0.2, -0.15) is 0 Å². The van der Waals surface area contributed by atoms with Gasteiger partial charge in [0.2, 0.25) is 5.91 Å². The number of hydrogen-bond donors (Lipinski definition) is 1. The highest BCUT2D eigenvalue weighted by Gasteiger charge is 2.24. The molecule has 0 saturated carbocycles. The minimum Gasteiger partial charge on any atom is -0.327 e. The van der Waals surface area contributed by atoms with E-state index in [1.54, 1.807) is 0 Å². The number of nitrogens with zero attached hydrogens (tertiary/aromatic N) is 2. The SMILES string of the molecule is CCCCCCCCCCCCCCNC(C)N1CCCN=CC(C)C1=O.